The third kappa shape index (κ3) is 2.33. The number of guanidine groups is 1. The molecular formula is C19H31N3O4. The minimum absolute atomic E-state index is 0.000659. The van der Waals surface area contributed by atoms with E-state index in [0.717, 1.165) is 24.8 Å². The molecule has 26 heavy (non-hydrogen) atoms. The molecule has 0 amide bonds. The lowest BCUT2D eigenvalue weighted by atomic mass is 9.51. The third-order valence-corrected chi connectivity index (χ3v) is 7.51. The smallest absolute Gasteiger partial charge is 0.334 e. The van der Waals surface area contributed by atoms with Gasteiger partial charge in [0.05, 0.1) is 12.2 Å². The van der Waals surface area contributed by atoms with Crippen LogP contribution in [0, 0.1) is 22.7 Å². The molecule has 0 aromatic carbocycles. The Bertz CT molecular complexity index is 676. The van der Waals surface area contributed by atoms with Gasteiger partial charge in [-0.05, 0) is 48.5 Å². The quantitative estimate of drug-likeness (QED) is 0.428. The van der Waals surface area contributed by atoms with E-state index in [4.69, 9.17) is 10.5 Å². The van der Waals surface area contributed by atoms with Crippen molar-refractivity contribution in [3.8, 4) is 0 Å². The van der Waals surface area contributed by atoms with Gasteiger partial charge in [-0.3, -0.25) is 4.99 Å². The van der Waals surface area contributed by atoms with Crippen molar-refractivity contribution in [3.05, 3.63) is 11.1 Å². The number of nitrogens with two attached hydrogens (primary N) is 1. The molecule has 0 heterocycles. The van der Waals surface area contributed by atoms with Crippen LogP contribution in [0.5, 0.6) is 0 Å². The fraction of sp³-hybridized carbons (Fsp3) is 0.789. The summed E-state index contributed by atoms with van der Waals surface area (Å²) in [7, 11) is 3.14. The predicted octanol–water partition coefficient (Wildman–Crippen LogP) is 1.13. The number of nitrogens with one attached hydrogen (secondary N) is 1. The minimum atomic E-state index is -1.45. The first-order chi connectivity index (χ1) is 12.2. The molecular weight excluding hydrogens is 334 g/mol. The number of aliphatic imine (C=N–C) groups is 1. The molecule has 146 valence electrons. The number of carbonyl (C=O) groups is 1. The Morgan fingerprint density at radius 1 is 1.46 bits per heavy atom. The Balaban J connectivity index is 2.13. The lowest BCUT2D eigenvalue weighted by molar-refractivity contribution is -0.137. The second-order valence-corrected chi connectivity index (χ2v) is 8.53. The Morgan fingerprint density at radius 2 is 2.15 bits per heavy atom. The normalized spacial score (nSPS) is 42.1. The molecule has 3 aliphatic carbocycles. The van der Waals surface area contributed by atoms with Gasteiger partial charge in [-0.25, -0.2) is 4.79 Å². The van der Waals surface area contributed by atoms with E-state index in [-0.39, 0.29) is 28.9 Å². The lowest BCUT2D eigenvalue weighted by Gasteiger charge is -2.54. The number of carboxylic acid groups (broad SMARTS) is 1. The number of hydrogen-bond acceptors (Lipinski definition) is 4. The van der Waals surface area contributed by atoms with Crippen LogP contribution < -0.4 is 11.1 Å². The monoisotopic (exact) mass is 365 g/mol. The van der Waals surface area contributed by atoms with Crippen LogP contribution in [-0.2, 0) is 9.53 Å². The highest BCUT2D eigenvalue weighted by atomic mass is 16.5. The van der Waals surface area contributed by atoms with Crippen molar-refractivity contribution < 1.29 is 19.7 Å². The van der Waals surface area contributed by atoms with Crippen molar-refractivity contribution in [2.75, 3.05) is 27.3 Å². The molecule has 2 saturated carbocycles. The number of nitrogens with zero attached hydrogens (tertiary/aromatic N) is 1. The van der Waals surface area contributed by atoms with Gasteiger partial charge in [0.2, 0.25) is 0 Å². The molecule has 7 nitrogen and oxygen atoms in total. The van der Waals surface area contributed by atoms with Crippen molar-refractivity contribution in [1.29, 1.82) is 0 Å². The van der Waals surface area contributed by atoms with E-state index >= 15 is 0 Å². The Kier molecular flexibility index (Phi) is 4.60. The van der Waals surface area contributed by atoms with Crippen LogP contribution in [0.25, 0.3) is 0 Å². The number of carboxylic acids is 1. The van der Waals surface area contributed by atoms with Crippen molar-refractivity contribution >= 4 is 11.9 Å². The number of hydrogen-bond donors (Lipinski definition) is 4. The maximum Gasteiger partial charge on any atom is 0.334 e. The van der Waals surface area contributed by atoms with Gasteiger partial charge in [0.1, 0.15) is 5.60 Å². The van der Waals surface area contributed by atoms with Gasteiger partial charge >= 0.3 is 5.97 Å². The summed E-state index contributed by atoms with van der Waals surface area (Å²) < 4.78 is 5.23. The molecule has 5 atom stereocenters. The zero-order valence-corrected chi connectivity index (χ0v) is 16.1. The highest BCUT2D eigenvalue weighted by molar-refractivity contribution is 5.92. The van der Waals surface area contributed by atoms with Crippen molar-refractivity contribution in [2.24, 2.45) is 33.4 Å². The first-order valence-electron chi connectivity index (χ1n) is 9.31. The summed E-state index contributed by atoms with van der Waals surface area (Å²) in [6, 6.07) is 0. The summed E-state index contributed by atoms with van der Waals surface area (Å²) in [5.41, 5.74) is 4.95. The third-order valence-electron chi connectivity index (χ3n) is 7.51. The predicted molar refractivity (Wildman–Crippen MR) is 98.7 cm³/mol. The fourth-order valence-corrected chi connectivity index (χ4v) is 6.33. The van der Waals surface area contributed by atoms with E-state index in [0.29, 0.717) is 24.8 Å². The molecule has 2 bridgehead atoms. The van der Waals surface area contributed by atoms with Crippen LogP contribution in [-0.4, -0.2) is 55.1 Å². The molecule has 5 unspecified atom stereocenters. The minimum Gasteiger partial charge on any atom is -0.478 e. The summed E-state index contributed by atoms with van der Waals surface area (Å²) in [4.78, 5) is 16.1. The van der Waals surface area contributed by atoms with E-state index in [2.05, 4.69) is 24.2 Å². The Labute approximate surface area is 154 Å². The Hall–Kier alpha value is -1.60. The number of ether oxygens (including phenoxy) is 1. The van der Waals surface area contributed by atoms with Gasteiger partial charge in [0.25, 0.3) is 0 Å². The van der Waals surface area contributed by atoms with Gasteiger partial charge in [0, 0.05) is 26.1 Å². The summed E-state index contributed by atoms with van der Waals surface area (Å²) in [6.45, 7) is 5.02. The first-order valence-corrected chi connectivity index (χ1v) is 9.31. The summed E-state index contributed by atoms with van der Waals surface area (Å²) >= 11 is 0. The van der Waals surface area contributed by atoms with Crippen LogP contribution in [0.15, 0.2) is 16.1 Å². The van der Waals surface area contributed by atoms with E-state index in [1.54, 1.807) is 7.05 Å². The van der Waals surface area contributed by atoms with E-state index in [9.17, 15) is 15.0 Å². The molecule has 2 fully saturated rings. The SMILES string of the molecule is CN=C(N)NCC1(C)C2CCC(C)C13CC(O)(COC)C(C(=O)O)=C3C2. The average Bonchev–Trinajstić information content (AvgIpc) is 2.90. The fourth-order valence-electron chi connectivity index (χ4n) is 6.33. The maximum absolute atomic E-state index is 12.1. The van der Waals surface area contributed by atoms with E-state index in [1.165, 1.54) is 7.11 Å². The zero-order chi connectivity index (χ0) is 19.3. The standard InChI is InChI=1S/C19H31N3O4/c1-11-5-6-12-7-13-14(15(23)24)18(25,10-26-4)8-19(11,13)17(12,2)9-22-16(20)21-3/h11-12,25H,5-10H2,1-4H3,(H,23,24)(H3,20,21,22). The highest BCUT2D eigenvalue weighted by Crippen LogP contribution is 2.74. The number of aliphatic hydroxyl groups is 1. The van der Waals surface area contributed by atoms with Crippen molar-refractivity contribution in [1.82, 2.24) is 5.32 Å². The number of methoxy groups -OCH3 is 1. The van der Waals surface area contributed by atoms with Crippen LogP contribution >= 0.6 is 0 Å². The molecule has 1 spiro atoms. The summed E-state index contributed by atoms with van der Waals surface area (Å²) in [5.74, 6) is 0.00544. The van der Waals surface area contributed by atoms with Crippen LogP contribution in [0.1, 0.15) is 39.5 Å². The van der Waals surface area contributed by atoms with Crippen LogP contribution in [0.3, 0.4) is 0 Å². The second kappa shape index (κ2) is 6.23. The van der Waals surface area contributed by atoms with Gasteiger partial charge in [-0.1, -0.05) is 13.8 Å². The Morgan fingerprint density at radius 3 is 2.73 bits per heavy atom. The summed E-state index contributed by atoms with van der Waals surface area (Å²) in [5, 5.41) is 24.4. The number of fused-ring (bicyclic) bond motifs is 1. The van der Waals surface area contributed by atoms with Gasteiger partial charge in [-0.2, -0.15) is 0 Å². The molecule has 0 aliphatic heterocycles. The topological polar surface area (TPSA) is 117 Å². The van der Waals surface area contributed by atoms with Gasteiger partial charge < -0.3 is 26.0 Å². The van der Waals surface area contributed by atoms with Crippen LogP contribution in [0.2, 0.25) is 0 Å². The molecule has 5 N–H and O–H groups in total. The molecule has 7 heteroatoms. The highest BCUT2D eigenvalue weighted by Gasteiger charge is 2.71. The van der Waals surface area contributed by atoms with E-state index < -0.39 is 11.6 Å². The first kappa shape index (κ1) is 19.2. The molecule has 3 rings (SSSR count). The molecule has 0 aromatic rings. The zero-order valence-electron chi connectivity index (χ0n) is 16.1. The summed E-state index contributed by atoms with van der Waals surface area (Å²) in [6.07, 6.45) is 3.21. The van der Waals surface area contributed by atoms with Crippen LogP contribution in [0.4, 0.5) is 0 Å². The van der Waals surface area contributed by atoms with Crippen molar-refractivity contribution in [3.63, 3.8) is 0 Å². The number of allylic oxidation sites excluding steroid dienone is 1. The average molecular weight is 365 g/mol. The molecule has 0 saturated heterocycles. The number of aliphatic carboxylic acids is 1. The second-order valence-electron chi connectivity index (χ2n) is 8.53. The van der Waals surface area contributed by atoms with E-state index in [1.807, 2.05) is 0 Å². The van der Waals surface area contributed by atoms with Crippen molar-refractivity contribution in [2.45, 2.75) is 45.1 Å². The maximum atomic E-state index is 12.1. The van der Waals surface area contributed by atoms with Gasteiger partial charge in [0.15, 0.2) is 5.96 Å². The largest absolute Gasteiger partial charge is 0.478 e. The lowest BCUT2D eigenvalue weighted by Crippen LogP contribution is -2.55. The number of rotatable bonds is 5. The molecule has 0 radical (unpaired) electrons. The molecule has 0 aromatic heterocycles. The molecule has 3 aliphatic rings. The van der Waals surface area contributed by atoms with Gasteiger partial charge in [-0.15, -0.1) is 0 Å².